The fraction of sp³-hybridized carbons (Fsp3) is 0.350. The van der Waals surface area contributed by atoms with E-state index in [4.69, 9.17) is 23.7 Å². The lowest BCUT2D eigenvalue weighted by molar-refractivity contribution is 0.112. The summed E-state index contributed by atoms with van der Waals surface area (Å²) in [4.78, 5) is 10.9. The maximum atomic E-state index is 10.9. The van der Waals surface area contributed by atoms with Gasteiger partial charge in [-0.25, -0.2) is 0 Å². The monoisotopic (exact) mass is 360 g/mol. The van der Waals surface area contributed by atoms with E-state index in [-0.39, 0.29) is 6.10 Å². The first kappa shape index (κ1) is 19.4. The van der Waals surface area contributed by atoms with E-state index in [9.17, 15) is 4.79 Å². The molecule has 0 saturated carbocycles. The van der Waals surface area contributed by atoms with Gasteiger partial charge in [-0.3, -0.25) is 4.79 Å². The number of aldehydes is 1. The van der Waals surface area contributed by atoms with Gasteiger partial charge in [0.2, 0.25) is 5.75 Å². The predicted octanol–water partition coefficient (Wildman–Crippen LogP) is 3.54. The quantitative estimate of drug-likeness (QED) is 0.638. The number of hydrogen-bond donors (Lipinski definition) is 0. The smallest absolute Gasteiger partial charge is 0.203 e. The lowest BCUT2D eigenvalue weighted by Crippen LogP contribution is -2.16. The van der Waals surface area contributed by atoms with Gasteiger partial charge in [-0.2, -0.15) is 0 Å². The van der Waals surface area contributed by atoms with Crippen molar-refractivity contribution in [2.24, 2.45) is 0 Å². The van der Waals surface area contributed by atoms with Crippen LogP contribution in [0, 0.1) is 0 Å². The van der Waals surface area contributed by atoms with E-state index in [1.807, 2.05) is 19.1 Å². The Labute approximate surface area is 153 Å². The first-order valence-electron chi connectivity index (χ1n) is 8.15. The number of rotatable bonds is 9. The Bertz CT molecular complexity index is 731. The summed E-state index contributed by atoms with van der Waals surface area (Å²) in [6, 6.07) is 8.86. The van der Waals surface area contributed by atoms with Gasteiger partial charge in [-0.15, -0.1) is 0 Å². The zero-order chi connectivity index (χ0) is 19.1. The van der Waals surface area contributed by atoms with Crippen molar-refractivity contribution in [3.8, 4) is 28.7 Å². The molecule has 0 aliphatic rings. The Kier molecular flexibility index (Phi) is 6.72. The average Bonchev–Trinajstić information content (AvgIpc) is 2.67. The number of hydrogen-bond acceptors (Lipinski definition) is 6. The summed E-state index contributed by atoms with van der Waals surface area (Å²) in [6.45, 7) is 1.95. The topological polar surface area (TPSA) is 63.2 Å². The number of carbonyl (C=O) groups is 1. The fourth-order valence-corrected chi connectivity index (χ4v) is 2.70. The Hall–Kier alpha value is -2.89. The van der Waals surface area contributed by atoms with Crippen molar-refractivity contribution < 1.29 is 28.5 Å². The van der Waals surface area contributed by atoms with Crippen LogP contribution in [0.4, 0.5) is 0 Å². The van der Waals surface area contributed by atoms with Gasteiger partial charge in [0.15, 0.2) is 23.0 Å². The minimum Gasteiger partial charge on any atom is -0.493 e. The normalized spacial score (nSPS) is 11.4. The third-order valence-electron chi connectivity index (χ3n) is 3.90. The third-order valence-corrected chi connectivity index (χ3v) is 3.90. The first-order valence-corrected chi connectivity index (χ1v) is 8.15. The van der Waals surface area contributed by atoms with Crippen LogP contribution in [0.25, 0.3) is 0 Å². The van der Waals surface area contributed by atoms with Crippen molar-refractivity contribution in [2.75, 3.05) is 28.4 Å². The van der Waals surface area contributed by atoms with E-state index in [0.29, 0.717) is 40.7 Å². The Morgan fingerprint density at radius 1 is 0.846 bits per heavy atom. The van der Waals surface area contributed by atoms with Crippen molar-refractivity contribution in [3.05, 3.63) is 41.5 Å². The second-order valence-corrected chi connectivity index (χ2v) is 5.69. The molecule has 2 aromatic carbocycles. The lowest BCUT2D eigenvalue weighted by atomic mass is 10.1. The molecule has 0 radical (unpaired) electrons. The SMILES string of the molecule is COc1cc(C=O)ccc1O[C@H](C)Cc1cc(OC)c(OC)c(OC)c1. The van der Waals surface area contributed by atoms with Gasteiger partial charge < -0.3 is 23.7 Å². The highest BCUT2D eigenvalue weighted by Gasteiger charge is 2.16. The van der Waals surface area contributed by atoms with Crippen LogP contribution >= 0.6 is 0 Å². The largest absolute Gasteiger partial charge is 0.493 e. The Balaban J connectivity index is 2.20. The molecule has 2 rings (SSSR count). The summed E-state index contributed by atoms with van der Waals surface area (Å²) >= 11 is 0. The molecule has 2 aromatic rings. The maximum Gasteiger partial charge on any atom is 0.203 e. The van der Waals surface area contributed by atoms with E-state index < -0.39 is 0 Å². The third kappa shape index (κ3) is 4.39. The van der Waals surface area contributed by atoms with Crippen LogP contribution in [0.1, 0.15) is 22.8 Å². The molecule has 1 atom stereocenters. The molecule has 0 aliphatic carbocycles. The van der Waals surface area contributed by atoms with Gasteiger partial charge >= 0.3 is 0 Å². The van der Waals surface area contributed by atoms with E-state index in [2.05, 4.69) is 0 Å². The summed E-state index contributed by atoms with van der Waals surface area (Å²) in [7, 11) is 6.28. The van der Waals surface area contributed by atoms with E-state index >= 15 is 0 Å². The molecule has 0 amide bonds. The molecule has 26 heavy (non-hydrogen) atoms. The predicted molar refractivity (Wildman–Crippen MR) is 98.3 cm³/mol. The maximum absolute atomic E-state index is 10.9. The highest BCUT2D eigenvalue weighted by molar-refractivity contribution is 5.76. The second-order valence-electron chi connectivity index (χ2n) is 5.69. The molecule has 0 aromatic heterocycles. The van der Waals surface area contributed by atoms with Gasteiger partial charge in [-0.05, 0) is 42.8 Å². The molecular formula is C20H24O6. The lowest BCUT2D eigenvalue weighted by Gasteiger charge is -2.19. The molecule has 0 spiro atoms. The molecule has 0 bridgehead atoms. The number of carbonyl (C=O) groups excluding carboxylic acids is 1. The summed E-state index contributed by atoms with van der Waals surface area (Å²) in [5.41, 5.74) is 1.52. The van der Waals surface area contributed by atoms with E-state index in [1.165, 1.54) is 0 Å². The average molecular weight is 360 g/mol. The number of ether oxygens (including phenoxy) is 5. The van der Waals surface area contributed by atoms with Crippen LogP contribution in [-0.2, 0) is 6.42 Å². The summed E-state index contributed by atoms with van der Waals surface area (Å²) in [5.74, 6) is 2.85. The molecule has 0 unspecified atom stereocenters. The van der Waals surface area contributed by atoms with Crippen LogP contribution in [-0.4, -0.2) is 40.8 Å². The van der Waals surface area contributed by atoms with Crippen molar-refractivity contribution >= 4 is 6.29 Å². The zero-order valence-electron chi connectivity index (χ0n) is 15.7. The summed E-state index contributed by atoms with van der Waals surface area (Å²) < 4.78 is 27.4. The molecular weight excluding hydrogens is 336 g/mol. The number of methoxy groups -OCH3 is 4. The van der Waals surface area contributed by atoms with Gasteiger partial charge in [0.1, 0.15) is 12.4 Å². The molecule has 6 heteroatoms. The minimum atomic E-state index is -0.145. The van der Waals surface area contributed by atoms with Gasteiger partial charge in [0.05, 0.1) is 28.4 Å². The van der Waals surface area contributed by atoms with Crippen LogP contribution in [0.15, 0.2) is 30.3 Å². The highest BCUT2D eigenvalue weighted by atomic mass is 16.5. The van der Waals surface area contributed by atoms with E-state index in [0.717, 1.165) is 11.8 Å². The molecule has 0 saturated heterocycles. The highest BCUT2D eigenvalue weighted by Crippen LogP contribution is 2.38. The first-order chi connectivity index (χ1) is 12.6. The Morgan fingerprint density at radius 2 is 1.46 bits per heavy atom. The molecule has 0 N–H and O–H groups in total. The van der Waals surface area contributed by atoms with Crippen molar-refractivity contribution in [1.82, 2.24) is 0 Å². The van der Waals surface area contributed by atoms with Crippen molar-refractivity contribution in [3.63, 3.8) is 0 Å². The van der Waals surface area contributed by atoms with Crippen LogP contribution in [0.5, 0.6) is 28.7 Å². The molecule has 0 heterocycles. The summed E-state index contributed by atoms with van der Waals surface area (Å²) in [5, 5.41) is 0. The number of benzene rings is 2. The van der Waals surface area contributed by atoms with Gasteiger partial charge in [0, 0.05) is 12.0 Å². The van der Waals surface area contributed by atoms with Crippen LogP contribution < -0.4 is 23.7 Å². The summed E-state index contributed by atoms with van der Waals surface area (Å²) in [6.07, 6.45) is 1.25. The molecule has 0 fully saturated rings. The second kappa shape index (κ2) is 8.99. The standard InChI is InChI=1S/C20H24O6/c1-13(26-16-7-6-14(12-21)9-17(16)22-2)8-15-10-18(23-3)20(25-5)19(11-15)24-4/h6-7,9-13H,8H2,1-5H3/t13-/m1/s1. The zero-order valence-corrected chi connectivity index (χ0v) is 15.7. The van der Waals surface area contributed by atoms with Crippen molar-refractivity contribution in [1.29, 1.82) is 0 Å². The van der Waals surface area contributed by atoms with Crippen LogP contribution in [0.3, 0.4) is 0 Å². The molecule has 140 valence electrons. The van der Waals surface area contributed by atoms with E-state index in [1.54, 1.807) is 46.6 Å². The fourth-order valence-electron chi connectivity index (χ4n) is 2.70. The molecule has 0 aliphatic heterocycles. The van der Waals surface area contributed by atoms with Crippen molar-refractivity contribution in [2.45, 2.75) is 19.4 Å². The van der Waals surface area contributed by atoms with Gasteiger partial charge in [-0.1, -0.05) is 0 Å². The van der Waals surface area contributed by atoms with Crippen LogP contribution in [0.2, 0.25) is 0 Å². The minimum absolute atomic E-state index is 0.145. The molecule has 6 nitrogen and oxygen atoms in total. The Morgan fingerprint density at radius 3 is 1.96 bits per heavy atom. The van der Waals surface area contributed by atoms with Gasteiger partial charge in [0.25, 0.3) is 0 Å².